The van der Waals surface area contributed by atoms with Gasteiger partial charge in [0, 0.05) is 25.5 Å². The molecule has 0 amide bonds. The third-order valence-corrected chi connectivity index (χ3v) is 1.33. The number of hydrogen-bond donors (Lipinski definition) is 1. The SMILES string of the molecule is C#CCNCCn1ccnc1. The van der Waals surface area contributed by atoms with Gasteiger partial charge in [-0.15, -0.1) is 6.42 Å². The lowest BCUT2D eigenvalue weighted by atomic mass is 10.5. The van der Waals surface area contributed by atoms with E-state index in [4.69, 9.17) is 6.42 Å². The van der Waals surface area contributed by atoms with Gasteiger partial charge in [0.25, 0.3) is 0 Å². The van der Waals surface area contributed by atoms with Crippen molar-refractivity contribution in [3.63, 3.8) is 0 Å². The molecule has 0 aliphatic carbocycles. The molecule has 0 aromatic carbocycles. The minimum absolute atomic E-state index is 0.634. The van der Waals surface area contributed by atoms with Gasteiger partial charge in [-0.2, -0.15) is 0 Å². The summed E-state index contributed by atoms with van der Waals surface area (Å²) >= 11 is 0. The van der Waals surface area contributed by atoms with Gasteiger partial charge >= 0.3 is 0 Å². The summed E-state index contributed by atoms with van der Waals surface area (Å²) in [5.74, 6) is 2.51. The Morgan fingerprint density at radius 1 is 1.64 bits per heavy atom. The second kappa shape index (κ2) is 4.53. The van der Waals surface area contributed by atoms with Crippen molar-refractivity contribution in [1.82, 2.24) is 14.9 Å². The average molecular weight is 149 g/mol. The zero-order chi connectivity index (χ0) is 7.94. The van der Waals surface area contributed by atoms with E-state index in [1.165, 1.54) is 0 Å². The van der Waals surface area contributed by atoms with E-state index >= 15 is 0 Å². The first-order valence-corrected chi connectivity index (χ1v) is 3.53. The van der Waals surface area contributed by atoms with Gasteiger partial charge < -0.3 is 9.88 Å². The molecule has 1 heterocycles. The van der Waals surface area contributed by atoms with E-state index in [9.17, 15) is 0 Å². The molecule has 11 heavy (non-hydrogen) atoms. The van der Waals surface area contributed by atoms with Crippen LogP contribution in [-0.4, -0.2) is 22.6 Å². The minimum atomic E-state index is 0.634. The first-order chi connectivity index (χ1) is 5.43. The maximum absolute atomic E-state index is 5.06. The first-order valence-electron chi connectivity index (χ1n) is 3.53. The first kappa shape index (κ1) is 7.83. The Balaban J connectivity index is 2.10. The Morgan fingerprint density at radius 2 is 2.55 bits per heavy atom. The lowest BCUT2D eigenvalue weighted by Gasteiger charge is -2.00. The van der Waals surface area contributed by atoms with E-state index in [0.29, 0.717) is 6.54 Å². The summed E-state index contributed by atoms with van der Waals surface area (Å²) in [7, 11) is 0. The Bertz CT molecular complexity index is 220. The maximum Gasteiger partial charge on any atom is 0.0946 e. The molecule has 0 saturated heterocycles. The Kier molecular flexibility index (Phi) is 3.23. The van der Waals surface area contributed by atoms with E-state index in [2.05, 4.69) is 16.2 Å². The average Bonchev–Trinajstić information content (AvgIpc) is 2.50. The van der Waals surface area contributed by atoms with Crippen LogP contribution in [0.4, 0.5) is 0 Å². The number of imidazole rings is 1. The van der Waals surface area contributed by atoms with Crippen LogP contribution in [0.25, 0.3) is 0 Å². The maximum atomic E-state index is 5.06. The molecule has 0 atom stereocenters. The van der Waals surface area contributed by atoms with Crippen molar-refractivity contribution in [1.29, 1.82) is 0 Å². The van der Waals surface area contributed by atoms with E-state index in [1.807, 2.05) is 10.8 Å². The molecule has 0 bridgehead atoms. The summed E-state index contributed by atoms with van der Waals surface area (Å²) < 4.78 is 2.00. The molecule has 1 aromatic heterocycles. The monoisotopic (exact) mass is 149 g/mol. The van der Waals surface area contributed by atoms with Crippen molar-refractivity contribution in [2.45, 2.75) is 6.54 Å². The van der Waals surface area contributed by atoms with Crippen LogP contribution in [0, 0.1) is 12.3 Å². The third-order valence-electron chi connectivity index (χ3n) is 1.33. The summed E-state index contributed by atoms with van der Waals surface area (Å²) in [6.07, 6.45) is 10.5. The predicted octanol–water partition coefficient (Wildman–Crippen LogP) is 0.106. The fourth-order valence-electron chi connectivity index (χ4n) is 0.788. The van der Waals surface area contributed by atoms with Crippen molar-refractivity contribution in [3.8, 4) is 12.3 Å². The highest BCUT2D eigenvalue weighted by Gasteiger charge is 1.86. The van der Waals surface area contributed by atoms with Crippen LogP contribution in [0.15, 0.2) is 18.7 Å². The van der Waals surface area contributed by atoms with Crippen molar-refractivity contribution >= 4 is 0 Å². The molecule has 0 aliphatic rings. The molecular weight excluding hydrogens is 138 g/mol. The van der Waals surface area contributed by atoms with Crippen LogP contribution in [0.3, 0.4) is 0 Å². The molecule has 58 valence electrons. The van der Waals surface area contributed by atoms with Crippen molar-refractivity contribution in [2.75, 3.05) is 13.1 Å². The summed E-state index contributed by atoms with van der Waals surface area (Å²) in [5, 5.41) is 3.09. The van der Waals surface area contributed by atoms with Gasteiger partial charge in [0.05, 0.1) is 12.9 Å². The van der Waals surface area contributed by atoms with Gasteiger partial charge in [-0.05, 0) is 0 Å². The summed E-state index contributed by atoms with van der Waals surface area (Å²) in [6, 6.07) is 0. The van der Waals surface area contributed by atoms with Crippen LogP contribution in [0.1, 0.15) is 0 Å². The normalized spacial score (nSPS) is 9.36. The molecule has 1 rings (SSSR count). The second-order valence-corrected chi connectivity index (χ2v) is 2.18. The van der Waals surface area contributed by atoms with Gasteiger partial charge in [-0.3, -0.25) is 0 Å². The third kappa shape index (κ3) is 2.87. The highest BCUT2D eigenvalue weighted by molar-refractivity contribution is 4.86. The smallest absolute Gasteiger partial charge is 0.0946 e. The zero-order valence-corrected chi connectivity index (χ0v) is 6.33. The highest BCUT2D eigenvalue weighted by Crippen LogP contribution is 1.82. The molecule has 3 heteroatoms. The quantitative estimate of drug-likeness (QED) is 0.486. The van der Waals surface area contributed by atoms with Gasteiger partial charge in [-0.25, -0.2) is 4.98 Å². The molecule has 3 nitrogen and oxygen atoms in total. The molecule has 0 fully saturated rings. The van der Waals surface area contributed by atoms with E-state index in [-0.39, 0.29) is 0 Å². The summed E-state index contributed by atoms with van der Waals surface area (Å²) in [5.41, 5.74) is 0. The van der Waals surface area contributed by atoms with Crippen molar-refractivity contribution in [3.05, 3.63) is 18.7 Å². The number of rotatable bonds is 4. The van der Waals surface area contributed by atoms with E-state index in [1.54, 1.807) is 12.5 Å². The molecular formula is C8H11N3. The summed E-state index contributed by atoms with van der Waals surface area (Å²) in [4.78, 5) is 3.92. The van der Waals surface area contributed by atoms with Crippen LogP contribution in [0.5, 0.6) is 0 Å². The second-order valence-electron chi connectivity index (χ2n) is 2.18. The highest BCUT2D eigenvalue weighted by atomic mass is 15.0. The molecule has 0 saturated carbocycles. The summed E-state index contributed by atoms with van der Waals surface area (Å²) in [6.45, 7) is 2.44. The van der Waals surface area contributed by atoms with Gasteiger partial charge in [-0.1, -0.05) is 5.92 Å². The van der Waals surface area contributed by atoms with Crippen LogP contribution < -0.4 is 5.32 Å². The lowest BCUT2D eigenvalue weighted by Crippen LogP contribution is -2.19. The molecule has 1 N–H and O–H groups in total. The number of aromatic nitrogens is 2. The Morgan fingerprint density at radius 3 is 3.18 bits per heavy atom. The van der Waals surface area contributed by atoms with E-state index < -0.39 is 0 Å². The van der Waals surface area contributed by atoms with E-state index in [0.717, 1.165) is 13.1 Å². The van der Waals surface area contributed by atoms with Gasteiger partial charge in [0.2, 0.25) is 0 Å². The molecule has 0 spiro atoms. The van der Waals surface area contributed by atoms with Crippen molar-refractivity contribution < 1.29 is 0 Å². The lowest BCUT2D eigenvalue weighted by molar-refractivity contribution is 0.628. The molecule has 1 aromatic rings. The number of nitrogens with one attached hydrogen (secondary N) is 1. The fourth-order valence-corrected chi connectivity index (χ4v) is 0.788. The molecule has 0 radical (unpaired) electrons. The van der Waals surface area contributed by atoms with Crippen molar-refractivity contribution in [2.24, 2.45) is 0 Å². The molecule has 0 unspecified atom stereocenters. The number of hydrogen-bond acceptors (Lipinski definition) is 2. The Hall–Kier alpha value is -1.27. The minimum Gasteiger partial charge on any atom is -0.336 e. The van der Waals surface area contributed by atoms with Gasteiger partial charge in [0.1, 0.15) is 0 Å². The largest absolute Gasteiger partial charge is 0.336 e. The standard InChI is InChI=1S/C8H11N3/c1-2-3-9-4-6-11-7-5-10-8-11/h1,5,7-9H,3-4,6H2. The zero-order valence-electron chi connectivity index (χ0n) is 6.33. The topological polar surface area (TPSA) is 29.9 Å². The number of nitrogens with zero attached hydrogens (tertiary/aromatic N) is 2. The Labute approximate surface area is 66.4 Å². The van der Waals surface area contributed by atoms with Gasteiger partial charge in [0.15, 0.2) is 0 Å². The van der Waals surface area contributed by atoms with Crippen LogP contribution >= 0.6 is 0 Å². The van der Waals surface area contributed by atoms with Crippen LogP contribution in [-0.2, 0) is 6.54 Å². The number of terminal acetylenes is 1. The predicted molar refractivity (Wildman–Crippen MR) is 43.9 cm³/mol. The van der Waals surface area contributed by atoms with Crippen LogP contribution in [0.2, 0.25) is 0 Å². The fraction of sp³-hybridized carbons (Fsp3) is 0.375. The molecule has 0 aliphatic heterocycles.